The van der Waals surface area contributed by atoms with E-state index in [9.17, 15) is 13.2 Å². The second-order valence-corrected chi connectivity index (χ2v) is 11.0. The molecule has 0 unspecified atom stereocenters. The van der Waals surface area contributed by atoms with Crippen molar-refractivity contribution < 1.29 is 13.2 Å². The van der Waals surface area contributed by atoms with E-state index in [0.717, 1.165) is 22.3 Å². The molecule has 0 aliphatic heterocycles. The fourth-order valence-electron chi connectivity index (χ4n) is 3.66. The minimum Gasteiger partial charge on any atom is -0.266 e. The van der Waals surface area contributed by atoms with Crippen LogP contribution in [0.4, 0.5) is 0 Å². The third-order valence-electron chi connectivity index (χ3n) is 5.43. The number of aromatic nitrogens is 2. The summed E-state index contributed by atoms with van der Waals surface area (Å²) in [6, 6.07) is 13.2. The van der Waals surface area contributed by atoms with Gasteiger partial charge in [0.1, 0.15) is 5.69 Å². The molecule has 0 spiro atoms. The Hall–Kier alpha value is -3.44. The molecule has 0 saturated carbocycles. The molecule has 0 saturated heterocycles. The number of rotatable bonds is 5. The van der Waals surface area contributed by atoms with Crippen LogP contribution in [-0.4, -0.2) is 24.1 Å². The number of benzene rings is 2. The monoisotopic (exact) mass is 464 g/mol. The molecule has 8 heteroatoms. The molecule has 7 nitrogen and oxygen atoms in total. The maximum absolute atomic E-state index is 13.1. The summed E-state index contributed by atoms with van der Waals surface area (Å²) in [4.78, 5) is 13.0. The Morgan fingerprint density at radius 3 is 2.30 bits per heavy atom. The summed E-state index contributed by atoms with van der Waals surface area (Å²) in [5.74, 6) is -0.775. The van der Waals surface area contributed by atoms with Gasteiger partial charge in [-0.15, -0.1) is 0 Å². The number of hydrogen-bond donors (Lipinski definition) is 1. The van der Waals surface area contributed by atoms with Crippen molar-refractivity contribution in [1.82, 2.24) is 14.5 Å². The zero-order chi connectivity index (χ0) is 24.6. The number of sulfonamides is 1. The lowest BCUT2D eigenvalue weighted by Crippen LogP contribution is -2.32. The highest BCUT2D eigenvalue weighted by Crippen LogP contribution is 2.24. The highest BCUT2D eigenvalue weighted by atomic mass is 32.2. The molecule has 3 rings (SSSR count). The first-order valence-corrected chi connectivity index (χ1v) is 12.0. The Morgan fingerprint density at radius 1 is 1.09 bits per heavy atom. The fraction of sp³-hybridized carbons (Fsp3) is 0.320. The van der Waals surface area contributed by atoms with Crippen LogP contribution in [0, 0.1) is 32.1 Å². The Kier molecular flexibility index (Phi) is 6.48. The van der Waals surface area contributed by atoms with Crippen molar-refractivity contribution >= 4 is 15.9 Å². The molecule has 0 aliphatic carbocycles. The van der Waals surface area contributed by atoms with Crippen molar-refractivity contribution in [1.29, 1.82) is 5.26 Å². The maximum Gasteiger partial charge on any atom is 0.283 e. The summed E-state index contributed by atoms with van der Waals surface area (Å²) in [5.41, 5.74) is 5.02. The topological polar surface area (TPSA) is 105 Å². The molecule has 3 aromatic rings. The molecule has 172 valence electrons. The lowest BCUT2D eigenvalue weighted by Gasteiger charge is -2.15. The van der Waals surface area contributed by atoms with Gasteiger partial charge in [-0.25, -0.2) is 13.1 Å². The predicted octanol–water partition coefficient (Wildman–Crippen LogP) is 4.14. The summed E-state index contributed by atoms with van der Waals surface area (Å²) < 4.78 is 29.4. The SMILES string of the molecule is Cc1cc(C)c(Cn2nc(C(C)(C)C)cc2C(=O)NS(=O)(=O)c2cccc(C#N)c2)c(C)c1. The quantitative estimate of drug-likeness (QED) is 0.611. The highest BCUT2D eigenvalue weighted by molar-refractivity contribution is 7.90. The predicted molar refractivity (Wildman–Crippen MR) is 126 cm³/mol. The van der Waals surface area contributed by atoms with Gasteiger partial charge < -0.3 is 0 Å². The number of hydrogen-bond acceptors (Lipinski definition) is 5. The van der Waals surface area contributed by atoms with Crippen LogP contribution >= 0.6 is 0 Å². The Morgan fingerprint density at radius 2 is 1.73 bits per heavy atom. The van der Waals surface area contributed by atoms with E-state index in [-0.39, 0.29) is 21.6 Å². The van der Waals surface area contributed by atoms with E-state index in [1.54, 1.807) is 10.7 Å². The van der Waals surface area contributed by atoms with Crippen LogP contribution in [0.15, 0.2) is 47.4 Å². The van der Waals surface area contributed by atoms with Gasteiger partial charge in [0.15, 0.2) is 0 Å². The number of carbonyl (C=O) groups is 1. The third-order valence-corrected chi connectivity index (χ3v) is 6.76. The second kappa shape index (κ2) is 8.83. The molecule has 2 aromatic carbocycles. The van der Waals surface area contributed by atoms with Gasteiger partial charge in [0, 0.05) is 5.41 Å². The zero-order valence-corrected chi connectivity index (χ0v) is 20.5. The molecule has 0 fully saturated rings. The molecule has 1 aromatic heterocycles. The average molecular weight is 465 g/mol. The Labute approximate surface area is 195 Å². The van der Waals surface area contributed by atoms with Crippen LogP contribution in [0.25, 0.3) is 0 Å². The molecular formula is C25H28N4O3S. The number of nitrogens with one attached hydrogen (secondary N) is 1. The third kappa shape index (κ3) is 5.32. The molecule has 0 bridgehead atoms. The van der Waals surface area contributed by atoms with Crippen LogP contribution in [0.2, 0.25) is 0 Å². The second-order valence-electron chi connectivity index (χ2n) is 9.27. The van der Waals surface area contributed by atoms with Gasteiger partial charge in [-0.1, -0.05) is 44.5 Å². The maximum atomic E-state index is 13.1. The van der Waals surface area contributed by atoms with Gasteiger partial charge in [-0.3, -0.25) is 9.48 Å². The number of carbonyl (C=O) groups excluding carboxylic acids is 1. The van der Waals surface area contributed by atoms with Crippen LogP contribution in [0.5, 0.6) is 0 Å². The van der Waals surface area contributed by atoms with Gasteiger partial charge in [-0.2, -0.15) is 10.4 Å². The van der Waals surface area contributed by atoms with Crippen LogP contribution in [0.1, 0.15) is 64.8 Å². The first kappa shape index (κ1) is 24.2. The fourth-order valence-corrected chi connectivity index (χ4v) is 4.67. The van der Waals surface area contributed by atoms with Gasteiger partial charge >= 0.3 is 0 Å². The number of nitriles is 1. The minimum atomic E-state index is -4.17. The van der Waals surface area contributed by atoms with E-state index in [1.807, 2.05) is 47.6 Å². The molecule has 1 amide bonds. The van der Waals surface area contributed by atoms with Crippen molar-refractivity contribution in [3.8, 4) is 6.07 Å². The first-order valence-electron chi connectivity index (χ1n) is 10.5. The molecule has 0 aliphatic rings. The average Bonchev–Trinajstić information content (AvgIpc) is 3.15. The summed E-state index contributed by atoms with van der Waals surface area (Å²) in [5, 5.41) is 13.7. The summed E-state index contributed by atoms with van der Waals surface area (Å²) in [6.45, 7) is 12.3. The molecule has 33 heavy (non-hydrogen) atoms. The zero-order valence-electron chi connectivity index (χ0n) is 19.7. The summed E-state index contributed by atoms with van der Waals surface area (Å²) in [7, 11) is -4.17. The summed E-state index contributed by atoms with van der Waals surface area (Å²) >= 11 is 0. The molecule has 0 atom stereocenters. The molecule has 1 heterocycles. The normalized spacial score (nSPS) is 11.8. The van der Waals surface area contributed by atoms with E-state index < -0.39 is 15.9 Å². The standard InChI is InChI=1S/C25H28N4O3S/c1-16-10-17(2)21(18(3)11-16)15-29-22(13-23(27-29)25(4,5)6)24(30)28-33(31,32)20-9-7-8-19(12-20)14-26/h7-13H,15H2,1-6H3,(H,28,30). The van der Waals surface area contributed by atoms with E-state index in [2.05, 4.69) is 22.0 Å². The minimum absolute atomic E-state index is 0.151. The van der Waals surface area contributed by atoms with Crippen LogP contribution in [-0.2, 0) is 22.0 Å². The van der Waals surface area contributed by atoms with Crippen molar-refractivity contribution in [2.24, 2.45) is 0 Å². The smallest absolute Gasteiger partial charge is 0.266 e. The van der Waals surface area contributed by atoms with Gasteiger partial charge in [-0.05, 0) is 61.7 Å². The van der Waals surface area contributed by atoms with E-state index >= 15 is 0 Å². The van der Waals surface area contributed by atoms with E-state index in [1.165, 1.54) is 24.3 Å². The van der Waals surface area contributed by atoms with Crippen LogP contribution < -0.4 is 4.72 Å². The van der Waals surface area contributed by atoms with Crippen molar-refractivity contribution in [3.63, 3.8) is 0 Å². The highest BCUT2D eigenvalue weighted by Gasteiger charge is 2.26. The van der Waals surface area contributed by atoms with Gasteiger partial charge in [0.25, 0.3) is 15.9 Å². The lowest BCUT2D eigenvalue weighted by atomic mass is 9.92. The Balaban J connectivity index is 2.02. The van der Waals surface area contributed by atoms with Gasteiger partial charge in [0.05, 0.1) is 28.8 Å². The van der Waals surface area contributed by atoms with Crippen LogP contribution in [0.3, 0.4) is 0 Å². The lowest BCUT2D eigenvalue weighted by molar-refractivity contribution is 0.0971. The Bertz CT molecular complexity index is 1350. The largest absolute Gasteiger partial charge is 0.283 e. The summed E-state index contributed by atoms with van der Waals surface area (Å²) in [6.07, 6.45) is 0. The van der Waals surface area contributed by atoms with Crippen molar-refractivity contribution in [2.75, 3.05) is 0 Å². The molecule has 1 N–H and O–H groups in total. The number of amides is 1. The van der Waals surface area contributed by atoms with E-state index in [4.69, 9.17) is 5.26 Å². The molecular weight excluding hydrogens is 436 g/mol. The van der Waals surface area contributed by atoms with Crippen molar-refractivity contribution in [2.45, 2.75) is 58.4 Å². The van der Waals surface area contributed by atoms with Crippen molar-refractivity contribution in [3.05, 3.63) is 81.7 Å². The number of aryl methyl sites for hydroxylation is 3. The molecule has 0 radical (unpaired) electrons. The number of nitrogens with zero attached hydrogens (tertiary/aromatic N) is 3. The first-order chi connectivity index (χ1) is 15.3. The van der Waals surface area contributed by atoms with E-state index in [0.29, 0.717) is 12.2 Å². The van der Waals surface area contributed by atoms with Gasteiger partial charge in [0.2, 0.25) is 0 Å².